The molecule has 3 nitrogen and oxygen atoms in total. The molecule has 0 N–H and O–H groups in total. The molecule has 0 aliphatic carbocycles. The smallest absolute Gasteiger partial charge is 0.199 e. The zero-order chi connectivity index (χ0) is 6.97. The van der Waals surface area contributed by atoms with Crippen LogP contribution in [-0.2, 0) is 0 Å². The van der Waals surface area contributed by atoms with E-state index in [0.717, 1.165) is 0 Å². The van der Waals surface area contributed by atoms with Crippen molar-refractivity contribution in [2.45, 2.75) is 0 Å². The second kappa shape index (κ2) is 3.07. The summed E-state index contributed by atoms with van der Waals surface area (Å²) >= 11 is 5.58. The first-order chi connectivity index (χ1) is 4.86. The highest BCUT2D eigenvalue weighted by molar-refractivity contribution is 6.29. The Morgan fingerprint density at radius 1 is 1.36 bits per heavy atom. The Bertz CT molecular complexity index is 360. The van der Waals surface area contributed by atoms with Crippen LogP contribution in [0.3, 0.4) is 0 Å². The normalized spacial score (nSPS) is 9.55. The van der Waals surface area contributed by atoms with Crippen LogP contribution in [-0.4, -0.2) is 9.97 Å². The van der Waals surface area contributed by atoms with E-state index in [2.05, 4.69) is 9.97 Å². The van der Waals surface area contributed by atoms with Crippen LogP contribution in [0.4, 0.5) is 0 Å². The van der Waals surface area contributed by atoms with Gasteiger partial charge in [-0.15, -0.1) is 12.4 Å². The number of oxazole rings is 1. The van der Waals surface area contributed by atoms with Crippen molar-refractivity contribution in [2.75, 3.05) is 0 Å². The van der Waals surface area contributed by atoms with Gasteiger partial charge >= 0.3 is 0 Å². The number of hydrogen-bond donors (Lipinski definition) is 0. The van der Waals surface area contributed by atoms with Crippen molar-refractivity contribution in [1.29, 1.82) is 0 Å². The third kappa shape index (κ3) is 1.44. The Kier molecular flexibility index (Phi) is 2.31. The lowest BCUT2D eigenvalue weighted by atomic mass is 10.5. The van der Waals surface area contributed by atoms with E-state index >= 15 is 0 Å². The molecule has 0 unspecified atom stereocenters. The zero-order valence-corrected chi connectivity index (χ0v) is 6.89. The molecule has 0 aliphatic rings. The minimum atomic E-state index is 0. The molecule has 0 bridgehead atoms. The van der Waals surface area contributed by atoms with Gasteiger partial charge in [-0.3, -0.25) is 0 Å². The number of pyridine rings is 1. The molecular weight excluding hydrogens is 187 g/mol. The molecule has 0 fully saturated rings. The fourth-order valence-electron chi connectivity index (χ4n) is 0.730. The largest absolute Gasteiger partial charge is 0.442 e. The number of rotatable bonds is 0. The van der Waals surface area contributed by atoms with Crippen molar-refractivity contribution in [3.63, 3.8) is 0 Å². The first-order valence-electron chi connectivity index (χ1n) is 2.72. The summed E-state index contributed by atoms with van der Waals surface area (Å²) in [5.41, 5.74) is 1.21. The average Bonchev–Trinajstić information content (AvgIpc) is 2.33. The van der Waals surface area contributed by atoms with E-state index in [9.17, 15) is 0 Å². The van der Waals surface area contributed by atoms with Gasteiger partial charge in [0.05, 0.1) is 0 Å². The standard InChI is InChI=1S/C6H3ClN2O.ClH/c7-5-2-1-4-6(9-5)8-3-10-4;/h1-3H;1H. The molecule has 2 aromatic rings. The van der Waals surface area contributed by atoms with Gasteiger partial charge in [0.1, 0.15) is 5.15 Å². The molecule has 2 heterocycles. The second-order valence-corrected chi connectivity index (χ2v) is 2.20. The van der Waals surface area contributed by atoms with E-state index in [1.807, 2.05) is 0 Å². The Morgan fingerprint density at radius 2 is 2.18 bits per heavy atom. The van der Waals surface area contributed by atoms with Crippen LogP contribution in [0, 0.1) is 0 Å². The van der Waals surface area contributed by atoms with Crippen molar-refractivity contribution in [3.8, 4) is 0 Å². The molecule has 2 rings (SSSR count). The van der Waals surface area contributed by atoms with E-state index in [4.69, 9.17) is 16.0 Å². The molecule has 0 radical (unpaired) electrons. The lowest BCUT2D eigenvalue weighted by molar-refractivity contribution is 0.602. The second-order valence-electron chi connectivity index (χ2n) is 1.81. The minimum absolute atomic E-state index is 0. The Balaban J connectivity index is 0.000000605. The Hall–Kier alpha value is -0.800. The van der Waals surface area contributed by atoms with Crippen LogP contribution in [0.15, 0.2) is 22.9 Å². The monoisotopic (exact) mass is 190 g/mol. The van der Waals surface area contributed by atoms with Gasteiger partial charge in [0.25, 0.3) is 0 Å². The molecule has 0 aliphatic heterocycles. The Morgan fingerprint density at radius 3 is 3.00 bits per heavy atom. The highest BCUT2D eigenvalue weighted by Crippen LogP contribution is 2.12. The van der Waals surface area contributed by atoms with Crippen LogP contribution < -0.4 is 0 Å². The van der Waals surface area contributed by atoms with Crippen molar-refractivity contribution in [3.05, 3.63) is 23.7 Å². The molecule has 11 heavy (non-hydrogen) atoms. The summed E-state index contributed by atoms with van der Waals surface area (Å²) in [5.74, 6) is 0. The quantitative estimate of drug-likeness (QED) is 0.599. The zero-order valence-electron chi connectivity index (χ0n) is 5.32. The molecule has 0 amide bonds. The van der Waals surface area contributed by atoms with Gasteiger partial charge in [0.2, 0.25) is 0 Å². The van der Waals surface area contributed by atoms with E-state index in [1.54, 1.807) is 12.1 Å². The summed E-state index contributed by atoms with van der Waals surface area (Å²) in [6, 6.07) is 3.40. The van der Waals surface area contributed by atoms with Crippen LogP contribution in [0.1, 0.15) is 0 Å². The number of fused-ring (bicyclic) bond motifs is 1. The molecule has 5 heteroatoms. The van der Waals surface area contributed by atoms with Crippen LogP contribution in [0.5, 0.6) is 0 Å². The van der Waals surface area contributed by atoms with Gasteiger partial charge in [-0.1, -0.05) is 11.6 Å². The predicted molar refractivity (Wildman–Crippen MR) is 44.1 cm³/mol. The van der Waals surface area contributed by atoms with Crippen molar-refractivity contribution < 1.29 is 4.42 Å². The number of nitrogens with zero attached hydrogens (tertiary/aromatic N) is 2. The number of aromatic nitrogens is 2. The first kappa shape index (κ1) is 8.30. The fourth-order valence-corrected chi connectivity index (χ4v) is 0.873. The maximum atomic E-state index is 5.58. The van der Waals surface area contributed by atoms with E-state index in [1.165, 1.54) is 6.39 Å². The summed E-state index contributed by atoms with van der Waals surface area (Å²) in [7, 11) is 0. The molecular formula is C6H4Cl2N2O. The maximum absolute atomic E-state index is 5.58. The maximum Gasteiger partial charge on any atom is 0.199 e. The lowest BCUT2D eigenvalue weighted by Crippen LogP contribution is -1.74. The number of hydrogen-bond acceptors (Lipinski definition) is 3. The first-order valence-corrected chi connectivity index (χ1v) is 3.10. The highest BCUT2D eigenvalue weighted by Gasteiger charge is 1.97. The van der Waals surface area contributed by atoms with Gasteiger partial charge in [0, 0.05) is 0 Å². The topological polar surface area (TPSA) is 38.9 Å². The van der Waals surface area contributed by atoms with Crippen LogP contribution in [0.2, 0.25) is 5.15 Å². The molecule has 0 saturated carbocycles. The fraction of sp³-hybridized carbons (Fsp3) is 0. The van der Waals surface area contributed by atoms with E-state index < -0.39 is 0 Å². The average molecular weight is 191 g/mol. The van der Waals surface area contributed by atoms with E-state index in [0.29, 0.717) is 16.4 Å². The van der Waals surface area contributed by atoms with Gasteiger partial charge in [-0.25, -0.2) is 4.98 Å². The molecule has 0 saturated heterocycles. The molecule has 0 aromatic carbocycles. The number of halogens is 2. The van der Waals surface area contributed by atoms with Gasteiger partial charge < -0.3 is 4.42 Å². The summed E-state index contributed by atoms with van der Waals surface area (Å²) < 4.78 is 4.94. The van der Waals surface area contributed by atoms with E-state index in [-0.39, 0.29) is 12.4 Å². The van der Waals surface area contributed by atoms with Crippen LogP contribution in [0.25, 0.3) is 11.2 Å². The van der Waals surface area contributed by atoms with Gasteiger partial charge in [0.15, 0.2) is 17.6 Å². The summed E-state index contributed by atoms with van der Waals surface area (Å²) in [6.45, 7) is 0. The molecule has 58 valence electrons. The molecule has 0 spiro atoms. The van der Waals surface area contributed by atoms with Gasteiger partial charge in [-0.2, -0.15) is 4.98 Å². The predicted octanol–water partition coefficient (Wildman–Crippen LogP) is 2.30. The molecule has 0 atom stereocenters. The summed E-state index contributed by atoms with van der Waals surface area (Å²) in [6.07, 6.45) is 1.34. The third-order valence-electron chi connectivity index (χ3n) is 1.16. The lowest BCUT2D eigenvalue weighted by Gasteiger charge is -1.84. The highest BCUT2D eigenvalue weighted by atomic mass is 35.5. The van der Waals surface area contributed by atoms with Gasteiger partial charge in [-0.05, 0) is 12.1 Å². The van der Waals surface area contributed by atoms with Crippen molar-refractivity contribution in [2.24, 2.45) is 0 Å². The SMILES string of the molecule is Cl.Clc1ccc2ocnc2n1. The Labute approximate surface area is 73.8 Å². The van der Waals surface area contributed by atoms with Crippen molar-refractivity contribution in [1.82, 2.24) is 9.97 Å². The van der Waals surface area contributed by atoms with Crippen molar-refractivity contribution >= 4 is 35.2 Å². The summed E-state index contributed by atoms with van der Waals surface area (Å²) in [5, 5.41) is 0.432. The van der Waals surface area contributed by atoms with Crippen LogP contribution >= 0.6 is 24.0 Å². The third-order valence-corrected chi connectivity index (χ3v) is 1.37. The minimum Gasteiger partial charge on any atom is -0.442 e. The molecule has 2 aromatic heterocycles. The summed E-state index contributed by atoms with van der Waals surface area (Å²) in [4.78, 5) is 7.71.